The molecule has 0 aliphatic carbocycles. The fraction of sp³-hybridized carbons (Fsp3) is 0.500. The third-order valence-electron chi connectivity index (χ3n) is 3.90. The van der Waals surface area contributed by atoms with Gasteiger partial charge in [0.2, 0.25) is 5.91 Å². The zero-order chi connectivity index (χ0) is 13.2. The van der Waals surface area contributed by atoms with Gasteiger partial charge < -0.3 is 15.0 Å². The number of carbonyl (C=O) groups excluding carboxylic acids is 1. The Morgan fingerprint density at radius 2 is 2.00 bits per heavy atom. The molecule has 1 N–H and O–H groups in total. The molecule has 0 saturated carbocycles. The fourth-order valence-electron chi connectivity index (χ4n) is 2.79. The van der Waals surface area contributed by atoms with Crippen molar-refractivity contribution in [1.29, 1.82) is 0 Å². The van der Waals surface area contributed by atoms with Crippen LogP contribution >= 0.6 is 0 Å². The first-order valence-electron chi connectivity index (χ1n) is 6.70. The van der Waals surface area contributed by atoms with Crippen LogP contribution in [0.2, 0.25) is 0 Å². The molecule has 2 aliphatic heterocycles. The Morgan fingerprint density at radius 3 is 2.74 bits per heavy atom. The number of fused-ring (bicyclic) bond motifs is 1. The molecule has 2 aliphatic rings. The molecule has 3 rings (SSSR count). The van der Waals surface area contributed by atoms with Crippen LogP contribution in [0.4, 0.5) is 5.69 Å². The molecule has 5 heteroatoms. The number of hydrogen-bond donors (Lipinski definition) is 1. The Kier molecular flexibility index (Phi) is 3.40. The van der Waals surface area contributed by atoms with Crippen LogP contribution in [0.15, 0.2) is 24.3 Å². The van der Waals surface area contributed by atoms with Crippen LogP contribution in [-0.2, 0) is 4.79 Å². The van der Waals surface area contributed by atoms with Crippen molar-refractivity contribution in [2.24, 2.45) is 0 Å². The number of amides is 1. The summed E-state index contributed by atoms with van der Waals surface area (Å²) in [4.78, 5) is 16.7. The van der Waals surface area contributed by atoms with Gasteiger partial charge in [-0.2, -0.15) is 0 Å². The molecule has 0 radical (unpaired) electrons. The number of nitrogens with zero attached hydrogens (tertiary/aromatic N) is 2. The van der Waals surface area contributed by atoms with Crippen molar-refractivity contribution < 1.29 is 9.53 Å². The van der Waals surface area contributed by atoms with Crippen molar-refractivity contribution in [2.75, 3.05) is 44.7 Å². The zero-order valence-electron chi connectivity index (χ0n) is 11.1. The van der Waals surface area contributed by atoms with Crippen LogP contribution < -0.4 is 15.0 Å². The normalized spacial score (nSPS) is 24.2. The van der Waals surface area contributed by atoms with Crippen molar-refractivity contribution in [3.05, 3.63) is 24.3 Å². The smallest absolute Gasteiger partial charge is 0.245 e. The molecule has 2 saturated heterocycles. The van der Waals surface area contributed by atoms with Gasteiger partial charge >= 0.3 is 0 Å². The first kappa shape index (κ1) is 12.4. The standard InChI is InChI=1S/C14H19N3O2/c1-19-12-4-2-11(3-5-12)17-9-8-16-7-6-15-10-13(16)14(17)18/h2-5,13,15H,6-10H2,1H3. The maximum atomic E-state index is 12.5. The van der Waals surface area contributed by atoms with E-state index in [1.807, 2.05) is 29.2 Å². The molecule has 1 unspecified atom stereocenters. The van der Waals surface area contributed by atoms with Gasteiger partial charge in [0.15, 0.2) is 0 Å². The molecule has 5 nitrogen and oxygen atoms in total. The molecule has 102 valence electrons. The van der Waals surface area contributed by atoms with Crippen molar-refractivity contribution in [3.8, 4) is 5.75 Å². The van der Waals surface area contributed by atoms with Crippen molar-refractivity contribution in [3.63, 3.8) is 0 Å². The predicted octanol–water partition coefficient (Wildman–Crippen LogP) is 0.316. The Balaban J connectivity index is 1.79. The van der Waals surface area contributed by atoms with Crippen LogP contribution in [0.3, 0.4) is 0 Å². The topological polar surface area (TPSA) is 44.8 Å². The molecule has 2 fully saturated rings. The SMILES string of the molecule is COc1ccc(N2CCN3CCNCC3C2=O)cc1. The summed E-state index contributed by atoms with van der Waals surface area (Å²) in [5.74, 6) is 1.01. The van der Waals surface area contributed by atoms with Gasteiger partial charge in [-0.15, -0.1) is 0 Å². The number of rotatable bonds is 2. The molecule has 1 atom stereocenters. The quantitative estimate of drug-likeness (QED) is 0.832. The molecule has 2 heterocycles. The molecule has 1 aromatic rings. The number of ether oxygens (including phenoxy) is 1. The lowest BCUT2D eigenvalue weighted by atomic mass is 10.1. The molecule has 0 aromatic heterocycles. The van der Waals surface area contributed by atoms with E-state index >= 15 is 0 Å². The van der Waals surface area contributed by atoms with E-state index in [9.17, 15) is 4.79 Å². The average molecular weight is 261 g/mol. The van der Waals surface area contributed by atoms with Gasteiger partial charge in [-0.1, -0.05) is 0 Å². The van der Waals surface area contributed by atoms with Gasteiger partial charge in [0.05, 0.1) is 7.11 Å². The van der Waals surface area contributed by atoms with Gasteiger partial charge in [-0.25, -0.2) is 0 Å². The summed E-state index contributed by atoms with van der Waals surface area (Å²) in [7, 11) is 1.65. The van der Waals surface area contributed by atoms with Crippen molar-refractivity contribution in [1.82, 2.24) is 10.2 Å². The van der Waals surface area contributed by atoms with Gasteiger partial charge in [-0.05, 0) is 24.3 Å². The van der Waals surface area contributed by atoms with Gasteiger partial charge in [0.1, 0.15) is 11.8 Å². The van der Waals surface area contributed by atoms with E-state index < -0.39 is 0 Å². The summed E-state index contributed by atoms with van der Waals surface area (Å²) < 4.78 is 5.15. The van der Waals surface area contributed by atoms with Gasteiger partial charge in [-0.3, -0.25) is 9.69 Å². The second-order valence-electron chi connectivity index (χ2n) is 4.94. The number of carbonyl (C=O) groups is 1. The first-order chi connectivity index (χ1) is 9.29. The second kappa shape index (κ2) is 5.19. The van der Waals surface area contributed by atoms with E-state index in [2.05, 4.69) is 10.2 Å². The maximum Gasteiger partial charge on any atom is 0.245 e. The summed E-state index contributed by atoms with van der Waals surface area (Å²) in [6, 6.07) is 7.68. The van der Waals surface area contributed by atoms with Crippen molar-refractivity contribution in [2.45, 2.75) is 6.04 Å². The summed E-state index contributed by atoms with van der Waals surface area (Å²) in [5.41, 5.74) is 0.955. The Bertz CT molecular complexity index is 460. The second-order valence-corrected chi connectivity index (χ2v) is 4.94. The minimum Gasteiger partial charge on any atom is -0.497 e. The lowest BCUT2D eigenvalue weighted by Gasteiger charge is -2.43. The zero-order valence-corrected chi connectivity index (χ0v) is 11.1. The molecule has 1 amide bonds. The number of benzene rings is 1. The number of piperazine rings is 2. The Hall–Kier alpha value is -1.59. The fourth-order valence-corrected chi connectivity index (χ4v) is 2.79. The van der Waals surface area contributed by atoms with Gasteiger partial charge in [0, 0.05) is 38.4 Å². The van der Waals surface area contributed by atoms with Crippen LogP contribution in [0.5, 0.6) is 5.75 Å². The third kappa shape index (κ3) is 2.31. The van der Waals surface area contributed by atoms with Crippen LogP contribution in [0, 0.1) is 0 Å². The van der Waals surface area contributed by atoms with E-state index in [0.29, 0.717) is 0 Å². The minimum absolute atomic E-state index is 0.00963. The van der Waals surface area contributed by atoms with E-state index in [0.717, 1.165) is 44.2 Å². The Morgan fingerprint density at radius 1 is 1.21 bits per heavy atom. The highest BCUT2D eigenvalue weighted by molar-refractivity contribution is 5.98. The number of nitrogens with one attached hydrogen (secondary N) is 1. The Labute approximate surface area is 113 Å². The molecule has 0 bridgehead atoms. The summed E-state index contributed by atoms with van der Waals surface area (Å²) in [6.45, 7) is 4.41. The van der Waals surface area contributed by atoms with Crippen LogP contribution in [-0.4, -0.2) is 56.7 Å². The van der Waals surface area contributed by atoms with E-state index in [1.165, 1.54) is 0 Å². The third-order valence-corrected chi connectivity index (χ3v) is 3.90. The summed E-state index contributed by atoms with van der Waals surface area (Å²) >= 11 is 0. The van der Waals surface area contributed by atoms with E-state index in [1.54, 1.807) is 7.11 Å². The molecule has 19 heavy (non-hydrogen) atoms. The molecular weight excluding hydrogens is 242 g/mol. The monoisotopic (exact) mass is 261 g/mol. The number of hydrogen-bond acceptors (Lipinski definition) is 4. The first-order valence-corrected chi connectivity index (χ1v) is 6.70. The maximum absolute atomic E-state index is 12.5. The van der Waals surface area contributed by atoms with E-state index in [4.69, 9.17) is 4.74 Å². The lowest BCUT2D eigenvalue weighted by Crippen LogP contribution is -2.64. The predicted molar refractivity (Wildman–Crippen MR) is 73.6 cm³/mol. The van der Waals surface area contributed by atoms with Crippen molar-refractivity contribution >= 4 is 11.6 Å². The van der Waals surface area contributed by atoms with Gasteiger partial charge in [0.25, 0.3) is 0 Å². The molecule has 1 aromatic carbocycles. The molecular formula is C14H19N3O2. The lowest BCUT2D eigenvalue weighted by molar-refractivity contribution is -0.126. The summed E-state index contributed by atoms with van der Waals surface area (Å²) in [5, 5.41) is 3.30. The number of methoxy groups -OCH3 is 1. The summed E-state index contributed by atoms with van der Waals surface area (Å²) in [6.07, 6.45) is 0. The van der Waals surface area contributed by atoms with Crippen LogP contribution in [0.1, 0.15) is 0 Å². The highest BCUT2D eigenvalue weighted by Crippen LogP contribution is 2.23. The minimum atomic E-state index is -0.00963. The largest absolute Gasteiger partial charge is 0.497 e. The highest BCUT2D eigenvalue weighted by Gasteiger charge is 2.36. The average Bonchev–Trinajstić information content (AvgIpc) is 2.48. The number of anilines is 1. The van der Waals surface area contributed by atoms with E-state index in [-0.39, 0.29) is 11.9 Å². The van der Waals surface area contributed by atoms with Crippen LogP contribution in [0.25, 0.3) is 0 Å². The molecule has 0 spiro atoms. The highest BCUT2D eigenvalue weighted by atomic mass is 16.5.